The Labute approximate surface area is 170 Å². The fraction of sp³-hybridized carbons (Fsp3) is 0.579. The number of aromatic nitrogens is 1. The molecule has 0 saturated heterocycles. The van der Waals surface area contributed by atoms with Gasteiger partial charge in [0.25, 0.3) is 5.92 Å². The number of fused-ring (bicyclic) bond motifs is 1. The summed E-state index contributed by atoms with van der Waals surface area (Å²) < 4.78 is 53.3. The molecule has 10 heteroatoms. The van der Waals surface area contributed by atoms with Crippen molar-refractivity contribution in [2.75, 3.05) is 6.61 Å². The van der Waals surface area contributed by atoms with Crippen LogP contribution < -0.4 is 15.8 Å². The van der Waals surface area contributed by atoms with Crippen LogP contribution in [0.25, 0.3) is 10.2 Å². The minimum atomic E-state index is -3.11. The number of benzene rings is 1. The SMILES string of the molecule is C[C@@H](CO[C@H]1CC[C@H](Oc2ccc3nc(C(C)(F)F)sc3c2F)CC1)NC(N)=O. The predicted molar refractivity (Wildman–Crippen MR) is 104 cm³/mol. The topological polar surface area (TPSA) is 86.5 Å². The van der Waals surface area contributed by atoms with E-state index in [0.717, 1.165) is 19.8 Å². The molecule has 6 nitrogen and oxygen atoms in total. The second-order valence-corrected chi connectivity index (χ2v) is 8.39. The molecule has 2 aromatic rings. The number of halogens is 3. The molecule has 1 saturated carbocycles. The first-order valence-electron chi connectivity index (χ1n) is 9.45. The molecule has 1 heterocycles. The van der Waals surface area contributed by atoms with Crippen molar-refractivity contribution in [3.05, 3.63) is 23.0 Å². The summed E-state index contributed by atoms with van der Waals surface area (Å²) in [6.07, 6.45) is 2.70. The number of thiazole rings is 1. The number of hydrogen-bond acceptors (Lipinski definition) is 5. The number of nitrogens with two attached hydrogens (primary N) is 1. The number of nitrogens with zero attached hydrogens (tertiary/aromatic N) is 1. The summed E-state index contributed by atoms with van der Waals surface area (Å²) in [5.41, 5.74) is 5.27. The lowest BCUT2D eigenvalue weighted by molar-refractivity contribution is -0.00409. The van der Waals surface area contributed by atoms with Crippen LogP contribution in [-0.4, -0.2) is 35.9 Å². The molecule has 0 aliphatic heterocycles. The van der Waals surface area contributed by atoms with Crippen molar-refractivity contribution in [2.24, 2.45) is 5.73 Å². The van der Waals surface area contributed by atoms with Gasteiger partial charge in [-0.1, -0.05) is 0 Å². The van der Waals surface area contributed by atoms with Crippen LogP contribution in [0.4, 0.5) is 18.0 Å². The van der Waals surface area contributed by atoms with E-state index in [4.69, 9.17) is 15.2 Å². The zero-order chi connectivity index (χ0) is 21.2. The number of urea groups is 1. The number of alkyl halides is 2. The van der Waals surface area contributed by atoms with Gasteiger partial charge in [-0.05, 0) is 44.7 Å². The molecule has 1 aromatic heterocycles. The zero-order valence-corrected chi connectivity index (χ0v) is 17.0. The molecule has 1 aliphatic rings. The number of nitrogens with one attached hydrogen (secondary N) is 1. The van der Waals surface area contributed by atoms with Gasteiger partial charge in [-0.3, -0.25) is 0 Å². The summed E-state index contributed by atoms with van der Waals surface area (Å²) in [7, 11) is 0. The van der Waals surface area contributed by atoms with Crippen molar-refractivity contribution in [2.45, 2.75) is 63.7 Å². The third kappa shape index (κ3) is 5.51. The van der Waals surface area contributed by atoms with Crippen molar-refractivity contribution in [1.29, 1.82) is 0 Å². The van der Waals surface area contributed by atoms with Crippen molar-refractivity contribution in [3.8, 4) is 5.75 Å². The van der Waals surface area contributed by atoms with Crippen LogP contribution in [0.3, 0.4) is 0 Å². The van der Waals surface area contributed by atoms with E-state index in [2.05, 4.69) is 10.3 Å². The Morgan fingerprint density at radius 3 is 2.62 bits per heavy atom. The Balaban J connectivity index is 1.56. The van der Waals surface area contributed by atoms with Gasteiger partial charge in [-0.25, -0.2) is 14.2 Å². The van der Waals surface area contributed by atoms with Crippen LogP contribution in [0.15, 0.2) is 12.1 Å². The van der Waals surface area contributed by atoms with Crippen molar-refractivity contribution >= 4 is 27.6 Å². The highest BCUT2D eigenvalue weighted by molar-refractivity contribution is 7.18. The highest BCUT2D eigenvalue weighted by atomic mass is 32.1. The lowest BCUT2D eigenvalue weighted by Gasteiger charge is -2.29. The summed E-state index contributed by atoms with van der Waals surface area (Å²) in [5.74, 6) is -3.71. The molecule has 0 radical (unpaired) electrons. The minimum Gasteiger partial charge on any atom is -0.487 e. The highest BCUT2D eigenvalue weighted by Gasteiger charge is 2.30. The molecule has 0 bridgehead atoms. The fourth-order valence-corrected chi connectivity index (χ4v) is 4.21. The van der Waals surface area contributed by atoms with Crippen LogP contribution in [0, 0.1) is 5.82 Å². The van der Waals surface area contributed by atoms with E-state index in [-0.39, 0.29) is 34.2 Å². The number of ether oxygens (including phenoxy) is 2. The maximum atomic E-state index is 14.7. The van der Waals surface area contributed by atoms with E-state index in [0.29, 0.717) is 30.8 Å². The normalized spacial score (nSPS) is 21.1. The molecule has 3 rings (SSSR count). The van der Waals surface area contributed by atoms with Gasteiger partial charge in [0, 0.05) is 6.92 Å². The Kier molecular flexibility index (Phi) is 6.52. The van der Waals surface area contributed by atoms with Crippen LogP contribution >= 0.6 is 11.3 Å². The molecule has 1 aliphatic carbocycles. The number of primary amides is 1. The van der Waals surface area contributed by atoms with Crippen molar-refractivity contribution < 1.29 is 27.4 Å². The van der Waals surface area contributed by atoms with E-state index in [1.165, 1.54) is 12.1 Å². The molecule has 1 aromatic carbocycles. The summed E-state index contributed by atoms with van der Waals surface area (Å²) in [6, 6.07) is 2.17. The van der Waals surface area contributed by atoms with Crippen molar-refractivity contribution in [3.63, 3.8) is 0 Å². The fourth-order valence-electron chi connectivity index (χ4n) is 3.28. The third-order valence-electron chi connectivity index (χ3n) is 4.72. The highest BCUT2D eigenvalue weighted by Crippen LogP contribution is 2.38. The molecule has 2 amide bonds. The van der Waals surface area contributed by atoms with Crippen LogP contribution in [0.5, 0.6) is 5.75 Å². The average molecular weight is 431 g/mol. The van der Waals surface area contributed by atoms with Gasteiger partial charge in [0.1, 0.15) is 0 Å². The molecule has 1 atom stereocenters. The summed E-state index contributed by atoms with van der Waals surface area (Å²) >= 11 is 0.646. The number of carbonyl (C=O) groups is 1. The lowest BCUT2D eigenvalue weighted by Crippen LogP contribution is -2.40. The lowest BCUT2D eigenvalue weighted by atomic mass is 9.95. The van der Waals surface area contributed by atoms with Gasteiger partial charge in [-0.15, -0.1) is 11.3 Å². The molecular weight excluding hydrogens is 407 g/mol. The number of rotatable bonds is 7. The first kappa shape index (κ1) is 21.6. The standard InChI is InChI=1S/C19H24F3N3O3S/c1-10(24-18(23)26)9-27-11-3-5-12(6-4-11)28-14-8-7-13-16(15(14)20)29-17(25-13)19(2,21)22/h7-8,10-12H,3-6,9H2,1-2H3,(H3,23,24,26)/t10-,11-,12-/m0/s1. The second kappa shape index (κ2) is 8.74. The molecule has 1 fully saturated rings. The largest absolute Gasteiger partial charge is 0.487 e. The molecular formula is C19H24F3N3O3S. The molecule has 0 unspecified atom stereocenters. The third-order valence-corrected chi connectivity index (χ3v) is 5.96. The van der Waals surface area contributed by atoms with Crippen LogP contribution in [-0.2, 0) is 10.7 Å². The summed E-state index contributed by atoms with van der Waals surface area (Å²) in [4.78, 5) is 14.6. The predicted octanol–water partition coefficient (Wildman–Crippen LogP) is 4.31. The van der Waals surface area contributed by atoms with E-state index in [9.17, 15) is 18.0 Å². The molecule has 160 valence electrons. The van der Waals surface area contributed by atoms with Crippen molar-refractivity contribution in [1.82, 2.24) is 10.3 Å². The van der Waals surface area contributed by atoms with Gasteiger partial charge >= 0.3 is 6.03 Å². The quantitative estimate of drug-likeness (QED) is 0.684. The maximum absolute atomic E-state index is 14.7. The van der Waals surface area contributed by atoms with E-state index < -0.39 is 22.8 Å². The van der Waals surface area contributed by atoms with E-state index in [1.807, 2.05) is 0 Å². The number of hydrogen-bond donors (Lipinski definition) is 2. The summed E-state index contributed by atoms with van der Waals surface area (Å²) in [6.45, 7) is 2.91. The number of carbonyl (C=O) groups excluding carboxylic acids is 1. The van der Waals surface area contributed by atoms with Crippen LogP contribution in [0.1, 0.15) is 44.5 Å². The van der Waals surface area contributed by atoms with Gasteiger partial charge in [-0.2, -0.15) is 8.78 Å². The van der Waals surface area contributed by atoms with Gasteiger partial charge in [0.2, 0.25) is 0 Å². The van der Waals surface area contributed by atoms with Gasteiger partial charge in [0.05, 0.1) is 35.1 Å². The van der Waals surface area contributed by atoms with E-state index in [1.54, 1.807) is 6.92 Å². The Morgan fingerprint density at radius 2 is 2.00 bits per heavy atom. The molecule has 0 spiro atoms. The second-order valence-electron chi connectivity index (χ2n) is 7.39. The van der Waals surface area contributed by atoms with Gasteiger partial charge < -0.3 is 20.5 Å². The smallest absolute Gasteiger partial charge is 0.312 e. The van der Waals surface area contributed by atoms with Gasteiger partial charge in [0.15, 0.2) is 16.6 Å². The Morgan fingerprint density at radius 1 is 1.34 bits per heavy atom. The number of amides is 2. The first-order valence-corrected chi connectivity index (χ1v) is 10.3. The minimum absolute atomic E-state index is 0.0372. The molecule has 3 N–H and O–H groups in total. The summed E-state index contributed by atoms with van der Waals surface area (Å²) in [5, 5.41) is 2.14. The van der Waals surface area contributed by atoms with Crippen LogP contribution in [0.2, 0.25) is 0 Å². The van der Waals surface area contributed by atoms with E-state index >= 15 is 0 Å². The Hall–Kier alpha value is -2.07. The average Bonchev–Trinajstić information content (AvgIpc) is 3.08. The molecule has 29 heavy (non-hydrogen) atoms. The zero-order valence-electron chi connectivity index (χ0n) is 16.2. The Bertz CT molecular complexity index is 863. The first-order chi connectivity index (χ1) is 13.6. The monoisotopic (exact) mass is 431 g/mol. The maximum Gasteiger partial charge on any atom is 0.312 e.